The molecule has 0 unspecified atom stereocenters. The molecule has 0 aromatic heterocycles. The maximum absolute atomic E-state index is 11.6. The Hall–Kier alpha value is -1.55. The summed E-state index contributed by atoms with van der Waals surface area (Å²) in [6.45, 7) is 0.676. The van der Waals surface area contributed by atoms with Gasteiger partial charge in [0.2, 0.25) is 5.91 Å². The van der Waals surface area contributed by atoms with Gasteiger partial charge in [-0.3, -0.25) is 4.79 Å². The van der Waals surface area contributed by atoms with E-state index in [-0.39, 0.29) is 5.91 Å². The number of nitrogens with one attached hydrogen (secondary N) is 1. The van der Waals surface area contributed by atoms with Crippen LogP contribution in [0.1, 0.15) is 32.1 Å². The molecule has 4 heteroatoms. The van der Waals surface area contributed by atoms with Crippen molar-refractivity contribution in [2.45, 2.75) is 38.2 Å². The maximum atomic E-state index is 11.6. The first kappa shape index (κ1) is 12.9. The van der Waals surface area contributed by atoms with Gasteiger partial charge in [-0.15, -0.1) is 0 Å². The third-order valence-corrected chi connectivity index (χ3v) is 3.12. The number of anilines is 2. The minimum Gasteiger partial charge on any atom is -0.399 e. The third-order valence-electron chi connectivity index (χ3n) is 3.12. The summed E-state index contributed by atoms with van der Waals surface area (Å²) in [5.74, 6) is 0.0119. The molecular formula is C14H20N2O2. The molecule has 1 aliphatic rings. The molecular weight excluding hydrogens is 228 g/mol. The predicted octanol–water partition coefficient (Wildman–Crippen LogP) is 2.56. The Morgan fingerprint density at radius 2 is 2.28 bits per heavy atom. The SMILES string of the molecule is Nc1cccc(NC(=O)CCCOC2CCC2)c1. The highest BCUT2D eigenvalue weighted by Crippen LogP contribution is 2.22. The number of ether oxygens (including phenoxy) is 1. The number of amides is 1. The molecule has 0 atom stereocenters. The lowest BCUT2D eigenvalue weighted by Crippen LogP contribution is -2.22. The molecule has 0 bridgehead atoms. The number of hydrogen-bond donors (Lipinski definition) is 2. The molecule has 18 heavy (non-hydrogen) atoms. The van der Waals surface area contributed by atoms with Crippen LogP contribution in [0.25, 0.3) is 0 Å². The highest BCUT2D eigenvalue weighted by Gasteiger charge is 2.17. The van der Waals surface area contributed by atoms with Crippen molar-refractivity contribution in [1.82, 2.24) is 0 Å². The van der Waals surface area contributed by atoms with Gasteiger partial charge in [-0.1, -0.05) is 6.07 Å². The van der Waals surface area contributed by atoms with Crippen LogP contribution in [-0.2, 0) is 9.53 Å². The molecule has 1 aliphatic carbocycles. The number of benzene rings is 1. The monoisotopic (exact) mass is 248 g/mol. The second kappa shape index (κ2) is 6.40. The van der Waals surface area contributed by atoms with Gasteiger partial charge in [0.05, 0.1) is 6.10 Å². The average molecular weight is 248 g/mol. The first-order chi connectivity index (χ1) is 8.74. The first-order valence-corrected chi connectivity index (χ1v) is 6.51. The van der Waals surface area contributed by atoms with E-state index in [9.17, 15) is 4.79 Å². The molecule has 0 saturated heterocycles. The van der Waals surface area contributed by atoms with E-state index in [1.807, 2.05) is 12.1 Å². The zero-order chi connectivity index (χ0) is 12.8. The van der Waals surface area contributed by atoms with Crippen LogP contribution in [0.3, 0.4) is 0 Å². The molecule has 0 aliphatic heterocycles. The second-order valence-electron chi connectivity index (χ2n) is 4.70. The molecule has 0 heterocycles. The molecule has 1 fully saturated rings. The molecule has 2 rings (SSSR count). The Labute approximate surface area is 108 Å². The molecule has 0 radical (unpaired) electrons. The Morgan fingerprint density at radius 3 is 2.94 bits per heavy atom. The van der Waals surface area contributed by atoms with Crippen molar-refractivity contribution < 1.29 is 9.53 Å². The zero-order valence-corrected chi connectivity index (χ0v) is 10.5. The van der Waals surface area contributed by atoms with E-state index in [0.29, 0.717) is 24.8 Å². The van der Waals surface area contributed by atoms with Crippen LogP contribution >= 0.6 is 0 Å². The van der Waals surface area contributed by atoms with E-state index < -0.39 is 0 Å². The van der Waals surface area contributed by atoms with E-state index in [0.717, 1.165) is 12.1 Å². The Kier molecular flexibility index (Phi) is 4.59. The highest BCUT2D eigenvalue weighted by atomic mass is 16.5. The fourth-order valence-corrected chi connectivity index (χ4v) is 1.86. The van der Waals surface area contributed by atoms with Crippen molar-refractivity contribution in [2.24, 2.45) is 0 Å². The number of carbonyl (C=O) groups is 1. The lowest BCUT2D eigenvalue weighted by molar-refractivity contribution is -0.116. The van der Waals surface area contributed by atoms with Crippen LogP contribution < -0.4 is 11.1 Å². The minimum absolute atomic E-state index is 0.0119. The largest absolute Gasteiger partial charge is 0.399 e. The number of hydrogen-bond acceptors (Lipinski definition) is 3. The van der Waals surface area contributed by atoms with Crippen molar-refractivity contribution in [3.8, 4) is 0 Å². The molecule has 1 aromatic rings. The Balaban J connectivity index is 1.62. The van der Waals surface area contributed by atoms with Crippen LogP contribution in [-0.4, -0.2) is 18.6 Å². The number of nitrogens with two attached hydrogens (primary N) is 1. The van der Waals surface area contributed by atoms with Gasteiger partial charge in [0, 0.05) is 24.4 Å². The van der Waals surface area contributed by atoms with Gasteiger partial charge < -0.3 is 15.8 Å². The van der Waals surface area contributed by atoms with Gasteiger partial charge in [-0.25, -0.2) is 0 Å². The molecule has 0 spiro atoms. The zero-order valence-electron chi connectivity index (χ0n) is 10.5. The molecule has 1 amide bonds. The summed E-state index contributed by atoms with van der Waals surface area (Å²) in [5.41, 5.74) is 7.04. The fourth-order valence-electron chi connectivity index (χ4n) is 1.86. The first-order valence-electron chi connectivity index (χ1n) is 6.51. The van der Waals surface area contributed by atoms with Gasteiger partial charge in [0.15, 0.2) is 0 Å². The van der Waals surface area contributed by atoms with E-state index >= 15 is 0 Å². The smallest absolute Gasteiger partial charge is 0.224 e. The van der Waals surface area contributed by atoms with Crippen molar-refractivity contribution in [2.75, 3.05) is 17.7 Å². The van der Waals surface area contributed by atoms with Gasteiger partial charge >= 0.3 is 0 Å². The lowest BCUT2D eigenvalue weighted by atomic mass is 9.96. The summed E-state index contributed by atoms with van der Waals surface area (Å²) in [5, 5.41) is 2.82. The maximum Gasteiger partial charge on any atom is 0.224 e. The van der Waals surface area contributed by atoms with Gasteiger partial charge in [-0.2, -0.15) is 0 Å². The summed E-state index contributed by atoms with van der Waals surface area (Å²) in [6.07, 6.45) is 5.33. The van der Waals surface area contributed by atoms with Crippen molar-refractivity contribution in [3.05, 3.63) is 24.3 Å². The van der Waals surface area contributed by atoms with Crippen LogP contribution in [0.4, 0.5) is 11.4 Å². The van der Waals surface area contributed by atoms with E-state index in [2.05, 4.69) is 5.32 Å². The summed E-state index contributed by atoms with van der Waals surface area (Å²) in [6, 6.07) is 7.20. The Morgan fingerprint density at radius 1 is 1.44 bits per heavy atom. The van der Waals surface area contributed by atoms with E-state index in [1.165, 1.54) is 19.3 Å². The average Bonchev–Trinajstić information content (AvgIpc) is 2.26. The van der Waals surface area contributed by atoms with Gasteiger partial charge in [0.25, 0.3) is 0 Å². The van der Waals surface area contributed by atoms with Crippen LogP contribution in [0.15, 0.2) is 24.3 Å². The number of carbonyl (C=O) groups excluding carboxylic acids is 1. The highest BCUT2D eigenvalue weighted by molar-refractivity contribution is 5.91. The topological polar surface area (TPSA) is 64.3 Å². The lowest BCUT2D eigenvalue weighted by Gasteiger charge is -2.25. The summed E-state index contributed by atoms with van der Waals surface area (Å²) < 4.78 is 5.60. The molecule has 3 N–H and O–H groups in total. The van der Waals surface area contributed by atoms with Crippen molar-refractivity contribution in [3.63, 3.8) is 0 Å². The quantitative estimate of drug-likeness (QED) is 0.600. The van der Waals surface area contributed by atoms with E-state index in [4.69, 9.17) is 10.5 Å². The fraction of sp³-hybridized carbons (Fsp3) is 0.500. The normalized spacial score (nSPS) is 15.1. The number of rotatable bonds is 6. The standard InChI is InChI=1S/C14H20N2O2/c15-11-4-1-5-12(10-11)16-14(17)8-3-9-18-13-6-2-7-13/h1,4-5,10,13H,2-3,6-9,15H2,(H,16,17). The van der Waals surface area contributed by atoms with Gasteiger partial charge in [-0.05, 0) is 43.9 Å². The summed E-state index contributed by atoms with van der Waals surface area (Å²) in [4.78, 5) is 11.6. The van der Waals surface area contributed by atoms with Crippen LogP contribution in [0.2, 0.25) is 0 Å². The molecule has 98 valence electrons. The molecule has 1 aromatic carbocycles. The molecule has 1 saturated carbocycles. The van der Waals surface area contributed by atoms with Crippen LogP contribution in [0.5, 0.6) is 0 Å². The number of nitrogen functional groups attached to an aromatic ring is 1. The van der Waals surface area contributed by atoms with E-state index in [1.54, 1.807) is 12.1 Å². The van der Waals surface area contributed by atoms with Crippen LogP contribution in [0, 0.1) is 0 Å². The second-order valence-corrected chi connectivity index (χ2v) is 4.70. The Bertz CT molecular complexity index is 403. The van der Waals surface area contributed by atoms with Crippen molar-refractivity contribution >= 4 is 17.3 Å². The molecule has 4 nitrogen and oxygen atoms in total. The summed E-state index contributed by atoms with van der Waals surface area (Å²) in [7, 11) is 0. The van der Waals surface area contributed by atoms with Gasteiger partial charge in [0.1, 0.15) is 0 Å². The predicted molar refractivity (Wildman–Crippen MR) is 72.3 cm³/mol. The summed E-state index contributed by atoms with van der Waals surface area (Å²) >= 11 is 0. The third kappa shape index (κ3) is 4.04. The van der Waals surface area contributed by atoms with Crippen molar-refractivity contribution in [1.29, 1.82) is 0 Å². The minimum atomic E-state index is 0.0119.